The van der Waals surface area contributed by atoms with Gasteiger partial charge in [0.05, 0.1) is 24.6 Å². The second-order valence-electron chi connectivity index (χ2n) is 6.62. The summed E-state index contributed by atoms with van der Waals surface area (Å²) in [6.07, 6.45) is 3.30. The van der Waals surface area contributed by atoms with Gasteiger partial charge in [0.2, 0.25) is 0 Å². The topological polar surface area (TPSA) is 68.5 Å². The summed E-state index contributed by atoms with van der Waals surface area (Å²) in [5.74, 6) is -0.500. The van der Waals surface area contributed by atoms with Crippen LogP contribution in [0.15, 0.2) is 90.2 Å². The van der Waals surface area contributed by atoms with E-state index in [1.165, 1.54) is 24.4 Å². The zero-order valence-corrected chi connectivity index (χ0v) is 16.7. The zero-order valence-electron chi connectivity index (χ0n) is 16.7. The zero-order chi connectivity index (χ0) is 21.6. The molecule has 1 aromatic heterocycles. The van der Waals surface area contributed by atoms with Gasteiger partial charge in [-0.05, 0) is 48.5 Å². The van der Waals surface area contributed by atoms with E-state index >= 15 is 0 Å². The highest BCUT2D eigenvalue weighted by Crippen LogP contribution is 2.25. The first-order valence-corrected chi connectivity index (χ1v) is 9.53. The van der Waals surface area contributed by atoms with Gasteiger partial charge in [-0.1, -0.05) is 30.3 Å². The molecule has 1 heterocycles. The molecule has 0 bridgehead atoms. The van der Waals surface area contributed by atoms with E-state index in [9.17, 15) is 9.18 Å². The number of benzene rings is 3. The Bertz CT molecular complexity index is 1220. The number of rotatable bonds is 6. The van der Waals surface area contributed by atoms with E-state index in [-0.39, 0.29) is 5.56 Å². The number of hydrazone groups is 1. The fraction of sp³-hybridized carbons (Fsp3) is 0.0417. The molecule has 0 unspecified atom stereocenters. The fourth-order valence-corrected chi connectivity index (χ4v) is 3.03. The van der Waals surface area contributed by atoms with E-state index in [0.29, 0.717) is 11.3 Å². The molecule has 4 aromatic rings. The number of methoxy groups -OCH3 is 1. The van der Waals surface area contributed by atoms with Crippen molar-refractivity contribution in [2.75, 3.05) is 7.11 Å². The number of hydrogen-bond acceptors (Lipinski definition) is 4. The van der Waals surface area contributed by atoms with E-state index in [4.69, 9.17) is 4.74 Å². The molecule has 31 heavy (non-hydrogen) atoms. The number of hydrogen-bond donors (Lipinski definition) is 1. The number of para-hydroxylation sites is 1. The SMILES string of the molecule is COc1ccc(-c2nn(-c3ccccc3)cc2/C=N/NC(=O)c2ccccc2F)cc1. The van der Waals surface area contributed by atoms with E-state index in [1.54, 1.807) is 17.9 Å². The molecule has 0 aliphatic rings. The molecule has 0 saturated carbocycles. The van der Waals surface area contributed by atoms with Crippen LogP contribution >= 0.6 is 0 Å². The average Bonchev–Trinajstić information content (AvgIpc) is 3.24. The Morgan fingerprint density at radius 1 is 1.03 bits per heavy atom. The third-order valence-corrected chi connectivity index (χ3v) is 4.61. The minimum Gasteiger partial charge on any atom is -0.497 e. The number of nitrogens with one attached hydrogen (secondary N) is 1. The van der Waals surface area contributed by atoms with Gasteiger partial charge in [-0.3, -0.25) is 4.79 Å². The van der Waals surface area contributed by atoms with Crippen LogP contribution in [0.25, 0.3) is 16.9 Å². The number of halogens is 1. The Morgan fingerprint density at radius 3 is 2.45 bits per heavy atom. The molecule has 0 saturated heterocycles. The molecule has 4 rings (SSSR count). The van der Waals surface area contributed by atoms with Crippen molar-refractivity contribution >= 4 is 12.1 Å². The molecule has 0 radical (unpaired) electrons. The summed E-state index contributed by atoms with van der Waals surface area (Å²) in [5, 5.41) is 8.70. The van der Waals surface area contributed by atoms with Gasteiger partial charge in [0.1, 0.15) is 17.3 Å². The summed E-state index contributed by atoms with van der Waals surface area (Å²) >= 11 is 0. The predicted octanol–water partition coefficient (Wildman–Crippen LogP) is 4.45. The van der Waals surface area contributed by atoms with Crippen molar-refractivity contribution in [3.8, 4) is 22.7 Å². The van der Waals surface area contributed by atoms with Gasteiger partial charge < -0.3 is 4.74 Å². The maximum absolute atomic E-state index is 13.8. The van der Waals surface area contributed by atoms with E-state index in [1.807, 2.05) is 60.8 Å². The van der Waals surface area contributed by atoms with Crippen LogP contribution in [0.3, 0.4) is 0 Å². The molecule has 0 aliphatic heterocycles. The van der Waals surface area contributed by atoms with Crippen molar-refractivity contribution in [2.24, 2.45) is 5.10 Å². The summed E-state index contributed by atoms with van der Waals surface area (Å²) in [7, 11) is 1.61. The standard InChI is InChI=1S/C24H19FN4O2/c1-31-20-13-11-17(12-14-20)23-18(16-29(28-23)19-7-3-2-4-8-19)15-26-27-24(30)21-9-5-6-10-22(21)25/h2-16H,1H3,(H,27,30)/b26-15+. The molecule has 1 amide bonds. The van der Waals surface area contributed by atoms with Gasteiger partial charge in [0, 0.05) is 17.3 Å². The summed E-state index contributed by atoms with van der Waals surface area (Å²) in [5.41, 5.74) is 5.39. The van der Waals surface area contributed by atoms with E-state index < -0.39 is 11.7 Å². The number of nitrogens with zero attached hydrogens (tertiary/aromatic N) is 3. The molecule has 0 atom stereocenters. The smallest absolute Gasteiger partial charge is 0.274 e. The van der Waals surface area contributed by atoms with Crippen LogP contribution in [0.5, 0.6) is 5.75 Å². The lowest BCUT2D eigenvalue weighted by atomic mass is 10.1. The van der Waals surface area contributed by atoms with Crippen LogP contribution in [0.2, 0.25) is 0 Å². The average molecular weight is 414 g/mol. The molecule has 3 aromatic carbocycles. The molecule has 154 valence electrons. The third kappa shape index (κ3) is 4.51. The molecular formula is C24H19FN4O2. The minimum atomic E-state index is -0.629. The minimum absolute atomic E-state index is 0.0741. The lowest BCUT2D eigenvalue weighted by Gasteiger charge is -2.03. The van der Waals surface area contributed by atoms with Crippen molar-refractivity contribution in [3.05, 3.63) is 102 Å². The Balaban J connectivity index is 1.64. The molecule has 1 N–H and O–H groups in total. The van der Waals surface area contributed by atoms with Crippen molar-refractivity contribution < 1.29 is 13.9 Å². The summed E-state index contributed by atoms with van der Waals surface area (Å²) < 4.78 is 20.8. The second-order valence-corrected chi connectivity index (χ2v) is 6.62. The van der Waals surface area contributed by atoms with Crippen LogP contribution < -0.4 is 10.2 Å². The molecule has 6 nitrogen and oxygen atoms in total. The Kier molecular flexibility index (Phi) is 5.84. The second kappa shape index (κ2) is 9.04. The first-order chi connectivity index (χ1) is 15.2. The Hall–Kier alpha value is -4.26. The van der Waals surface area contributed by atoms with Gasteiger partial charge in [-0.2, -0.15) is 10.2 Å². The third-order valence-electron chi connectivity index (χ3n) is 4.61. The largest absolute Gasteiger partial charge is 0.497 e. The van der Waals surface area contributed by atoms with E-state index in [2.05, 4.69) is 15.6 Å². The summed E-state index contributed by atoms with van der Waals surface area (Å²) in [6.45, 7) is 0. The van der Waals surface area contributed by atoms with Gasteiger partial charge in [0.25, 0.3) is 5.91 Å². The van der Waals surface area contributed by atoms with Crippen LogP contribution in [0.1, 0.15) is 15.9 Å². The number of aromatic nitrogens is 2. The molecule has 0 aliphatic carbocycles. The van der Waals surface area contributed by atoms with Crippen molar-refractivity contribution in [2.45, 2.75) is 0 Å². The van der Waals surface area contributed by atoms with Crippen molar-refractivity contribution in [3.63, 3.8) is 0 Å². The lowest BCUT2D eigenvalue weighted by molar-refractivity contribution is 0.0951. The normalized spacial score (nSPS) is 10.9. The summed E-state index contributed by atoms with van der Waals surface area (Å²) in [4.78, 5) is 12.2. The Labute approximate surface area is 178 Å². The highest BCUT2D eigenvalue weighted by Gasteiger charge is 2.13. The van der Waals surface area contributed by atoms with E-state index in [0.717, 1.165) is 17.0 Å². The lowest BCUT2D eigenvalue weighted by Crippen LogP contribution is -2.18. The van der Waals surface area contributed by atoms with Crippen molar-refractivity contribution in [1.29, 1.82) is 0 Å². The quantitative estimate of drug-likeness (QED) is 0.374. The van der Waals surface area contributed by atoms with Gasteiger partial charge in [-0.25, -0.2) is 14.5 Å². The Morgan fingerprint density at radius 2 is 1.74 bits per heavy atom. The fourth-order valence-electron chi connectivity index (χ4n) is 3.03. The van der Waals surface area contributed by atoms with Gasteiger partial charge in [-0.15, -0.1) is 0 Å². The maximum atomic E-state index is 13.8. The maximum Gasteiger partial charge on any atom is 0.274 e. The van der Waals surface area contributed by atoms with Gasteiger partial charge >= 0.3 is 0 Å². The monoisotopic (exact) mass is 414 g/mol. The van der Waals surface area contributed by atoms with Crippen LogP contribution in [-0.2, 0) is 0 Å². The van der Waals surface area contributed by atoms with Gasteiger partial charge in [0.15, 0.2) is 0 Å². The number of carbonyl (C=O) groups is 1. The van der Waals surface area contributed by atoms with Crippen LogP contribution in [0, 0.1) is 5.82 Å². The number of ether oxygens (including phenoxy) is 1. The van der Waals surface area contributed by atoms with Crippen molar-refractivity contribution in [1.82, 2.24) is 15.2 Å². The highest BCUT2D eigenvalue weighted by atomic mass is 19.1. The number of carbonyl (C=O) groups excluding carboxylic acids is 1. The highest BCUT2D eigenvalue weighted by molar-refractivity contribution is 5.95. The predicted molar refractivity (Wildman–Crippen MR) is 117 cm³/mol. The van der Waals surface area contributed by atoms with Crippen LogP contribution in [0.4, 0.5) is 4.39 Å². The first kappa shape index (κ1) is 20.0. The molecule has 0 fully saturated rings. The number of amides is 1. The molecule has 0 spiro atoms. The van der Waals surface area contributed by atoms with Crippen LogP contribution in [-0.4, -0.2) is 29.0 Å². The molecule has 7 heteroatoms. The first-order valence-electron chi connectivity index (χ1n) is 9.53. The molecular weight excluding hydrogens is 395 g/mol. The summed E-state index contributed by atoms with van der Waals surface area (Å²) in [6, 6.07) is 22.9.